The second-order valence-corrected chi connectivity index (χ2v) is 15.0. The van der Waals surface area contributed by atoms with Gasteiger partial charge in [0.25, 0.3) is 0 Å². The molecular formula is C39H52N2O8S. The molecule has 4 atom stereocenters. The van der Waals surface area contributed by atoms with Crippen LogP contribution in [-0.2, 0) is 47.0 Å². The van der Waals surface area contributed by atoms with Crippen LogP contribution in [0.25, 0.3) is 0 Å². The van der Waals surface area contributed by atoms with Crippen LogP contribution >= 0.6 is 0 Å². The van der Waals surface area contributed by atoms with Crippen LogP contribution in [0.4, 0.5) is 5.69 Å². The van der Waals surface area contributed by atoms with Crippen molar-refractivity contribution >= 4 is 22.0 Å². The molecule has 0 aliphatic carbocycles. The Bertz CT molecular complexity index is 1620. The minimum Gasteiger partial charge on any atom is -0.490 e. The van der Waals surface area contributed by atoms with Crippen LogP contribution in [-0.4, -0.2) is 90.4 Å². The van der Waals surface area contributed by atoms with Crippen molar-refractivity contribution in [3.05, 3.63) is 89.0 Å². The van der Waals surface area contributed by atoms with E-state index in [9.17, 15) is 13.2 Å². The van der Waals surface area contributed by atoms with E-state index >= 15 is 0 Å². The number of sulfonamides is 1. The molecule has 11 heteroatoms. The first-order chi connectivity index (χ1) is 24.2. The number of methoxy groups -OCH3 is 1. The van der Waals surface area contributed by atoms with E-state index in [2.05, 4.69) is 23.1 Å². The number of nitrogens with zero attached hydrogens (tertiary/aromatic N) is 2. The summed E-state index contributed by atoms with van der Waals surface area (Å²) < 4.78 is 59.0. The number of piperidine rings is 1. The molecule has 0 bridgehead atoms. The third-order valence-corrected chi connectivity index (χ3v) is 11.4. The Labute approximate surface area is 297 Å². The van der Waals surface area contributed by atoms with Crippen LogP contribution in [0.15, 0.2) is 71.6 Å². The third kappa shape index (κ3) is 9.71. The van der Waals surface area contributed by atoms with Crippen molar-refractivity contribution in [3.63, 3.8) is 0 Å². The van der Waals surface area contributed by atoms with Gasteiger partial charge in [0.15, 0.2) is 0 Å². The molecule has 1 saturated heterocycles. The van der Waals surface area contributed by atoms with Gasteiger partial charge < -0.3 is 33.4 Å². The first-order valence-corrected chi connectivity index (χ1v) is 19.1. The topological polar surface area (TPSA) is 104 Å². The quantitative estimate of drug-likeness (QED) is 0.118. The van der Waals surface area contributed by atoms with Gasteiger partial charge in [-0.05, 0) is 74.6 Å². The Morgan fingerprint density at radius 1 is 1.02 bits per heavy atom. The van der Waals surface area contributed by atoms with E-state index in [1.54, 1.807) is 31.4 Å². The minimum atomic E-state index is -3.90. The fourth-order valence-electron chi connectivity index (χ4n) is 6.78. The summed E-state index contributed by atoms with van der Waals surface area (Å²) in [7, 11) is -2.18. The summed E-state index contributed by atoms with van der Waals surface area (Å²) in [6.45, 7) is 10.9. The zero-order chi connectivity index (χ0) is 35.5. The maximum Gasteiger partial charge on any atom is 0.243 e. The Hall–Kier alpha value is -3.32. The number of hydrogen-bond donors (Lipinski definition) is 0. The molecule has 0 saturated carbocycles. The van der Waals surface area contributed by atoms with Crippen molar-refractivity contribution in [2.75, 3.05) is 58.1 Å². The lowest BCUT2D eigenvalue weighted by Gasteiger charge is -2.43. The van der Waals surface area contributed by atoms with Crippen LogP contribution < -0.4 is 9.64 Å². The maximum absolute atomic E-state index is 14.1. The first-order valence-electron chi connectivity index (χ1n) is 17.6. The van der Waals surface area contributed by atoms with E-state index in [1.165, 1.54) is 4.31 Å². The summed E-state index contributed by atoms with van der Waals surface area (Å²) in [5.41, 5.74) is 5.04. The van der Waals surface area contributed by atoms with Gasteiger partial charge in [-0.1, -0.05) is 48.0 Å². The fraction of sp³-hybridized carbons (Fsp3) is 0.513. The van der Waals surface area contributed by atoms with E-state index in [-0.39, 0.29) is 29.9 Å². The standard InChI is InChI=1S/C39H52N2O8S/c1-5-47-30(3)26-46-27-31-9-12-33(13-10-31)36-24-34(17-20-42)41(50(43,44)35-14-7-29(2)8-15-35)25-39(36)49-28-32-11-16-38-37(23-32)40(19-22-48-38)18-6-21-45-4/h7-16,20,23,30,34,36,39H,5-6,17-19,21-22,24-28H2,1-4H3/t30?,34-,36-,39+/m1/s1. The molecule has 5 rings (SSSR count). The number of benzene rings is 3. The molecule has 2 aliphatic heterocycles. The Balaban J connectivity index is 1.39. The summed E-state index contributed by atoms with van der Waals surface area (Å²) >= 11 is 0. The molecule has 1 unspecified atom stereocenters. The van der Waals surface area contributed by atoms with Crippen molar-refractivity contribution in [2.24, 2.45) is 0 Å². The highest BCUT2D eigenvalue weighted by atomic mass is 32.2. The van der Waals surface area contributed by atoms with E-state index in [0.29, 0.717) is 46.1 Å². The van der Waals surface area contributed by atoms with Crippen LogP contribution in [0.3, 0.4) is 0 Å². The molecular weight excluding hydrogens is 657 g/mol. The molecule has 0 aromatic heterocycles. The number of anilines is 1. The highest BCUT2D eigenvalue weighted by Crippen LogP contribution is 2.39. The van der Waals surface area contributed by atoms with Gasteiger partial charge in [0.05, 0.1) is 49.2 Å². The van der Waals surface area contributed by atoms with Crippen molar-refractivity contribution in [3.8, 4) is 5.75 Å². The van der Waals surface area contributed by atoms with Crippen LogP contribution in [0.1, 0.15) is 61.3 Å². The number of fused-ring (bicyclic) bond motifs is 1. The predicted molar refractivity (Wildman–Crippen MR) is 193 cm³/mol. The molecule has 3 aromatic carbocycles. The van der Waals surface area contributed by atoms with Gasteiger partial charge in [-0.15, -0.1) is 0 Å². The normalized spacial score (nSPS) is 20.2. The lowest BCUT2D eigenvalue weighted by Crippen LogP contribution is -2.52. The number of ether oxygens (including phenoxy) is 5. The molecule has 0 radical (unpaired) electrons. The second kappa shape index (κ2) is 18.3. The molecule has 1 fully saturated rings. The third-order valence-electron chi connectivity index (χ3n) is 9.44. The number of carbonyl (C=O) groups excluding carboxylic acids is 1. The summed E-state index contributed by atoms with van der Waals surface area (Å²) in [6.07, 6.45) is 1.83. The number of hydrogen-bond acceptors (Lipinski definition) is 9. The predicted octanol–water partition coefficient (Wildman–Crippen LogP) is 5.89. The summed E-state index contributed by atoms with van der Waals surface area (Å²) in [5, 5.41) is 0. The Morgan fingerprint density at radius 2 is 1.78 bits per heavy atom. The van der Waals surface area contributed by atoms with Crippen LogP contribution in [0.5, 0.6) is 5.75 Å². The highest BCUT2D eigenvalue weighted by molar-refractivity contribution is 7.89. The zero-order valence-electron chi connectivity index (χ0n) is 29.8. The maximum atomic E-state index is 14.1. The summed E-state index contributed by atoms with van der Waals surface area (Å²) in [6, 6.07) is 20.7. The molecule has 272 valence electrons. The van der Waals surface area contributed by atoms with E-state index in [1.807, 2.05) is 45.0 Å². The lowest BCUT2D eigenvalue weighted by molar-refractivity contribution is -0.109. The van der Waals surface area contributed by atoms with Gasteiger partial charge in [-0.2, -0.15) is 4.31 Å². The smallest absolute Gasteiger partial charge is 0.243 e. The second-order valence-electron chi connectivity index (χ2n) is 13.1. The summed E-state index contributed by atoms with van der Waals surface area (Å²) in [4.78, 5) is 14.4. The minimum absolute atomic E-state index is 0.0229. The molecule has 3 aromatic rings. The molecule has 2 heterocycles. The molecule has 50 heavy (non-hydrogen) atoms. The van der Waals surface area contributed by atoms with Crippen LogP contribution in [0.2, 0.25) is 0 Å². The van der Waals surface area contributed by atoms with Crippen LogP contribution in [0, 0.1) is 6.92 Å². The first kappa shape index (κ1) is 37.9. The number of carbonyl (C=O) groups is 1. The Kier molecular flexibility index (Phi) is 13.8. The Morgan fingerprint density at radius 3 is 2.50 bits per heavy atom. The van der Waals surface area contributed by atoms with Gasteiger partial charge in [0, 0.05) is 51.8 Å². The van der Waals surface area contributed by atoms with Gasteiger partial charge >= 0.3 is 0 Å². The molecule has 10 nitrogen and oxygen atoms in total. The lowest BCUT2D eigenvalue weighted by atomic mass is 9.83. The highest BCUT2D eigenvalue weighted by Gasteiger charge is 2.42. The number of aldehydes is 1. The van der Waals surface area contributed by atoms with E-state index in [4.69, 9.17) is 23.7 Å². The van der Waals surface area contributed by atoms with Crippen molar-refractivity contribution in [1.82, 2.24) is 4.31 Å². The average molecular weight is 709 g/mol. The number of rotatable bonds is 18. The largest absolute Gasteiger partial charge is 0.490 e. The average Bonchev–Trinajstić information content (AvgIpc) is 3.12. The molecule has 2 aliphatic rings. The van der Waals surface area contributed by atoms with Gasteiger partial charge in [-0.25, -0.2) is 8.42 Å². The molecule has 0 amide bonds. The van der Waals surface area contributed by atoms with Gasteiger partial charge in [-0.3, -0.25) is 0 Å². The summed E-state index contributed by atoms with van der Waals surface area (Å²) in [5.74, 6) is 0.709. The zero-order valence-corrected chi connectivity index (χ0v) is 30.6. The molecule has 0 N–H and O–H groups in total. The fourth-order valence-corrected chi connectivity index (χ4v) is 8.44. The van der Waals surface area contributed by atoms with Gasteiger partial charge in [0.2, 0.25) is 10.0 Å². The monoisotopic (exact) mass is 708 g/mol. The van der Waals surface area contributed by atoms with Gasteiger partial charge in [0.1, 0.15) is 18.6 Å². The molecule has 0 spiro atoms. The van der Waals surface area contributed by atoms with Crippen molar-refractivity contribution in [1.29, 1.82) is 0 Å². The van der Waals surface area contributed by atoms with Crippen molar-refractivity contribution in [2.45, 2.75) is 82.3 Å². The van der Waals surface area contributed by atoms with E-state index in [0.717, 1.165) is 59.5 Å². The van der Waals surface area contributed by atoms with E-state index < -0.39 is 22.2 Å². The van der Waals surface area contributed by atoms with Crippen molar-refractivity contribution < 1.29 is 36.9 Å². The number of aryl methyl sites for hydroxylation is 1. The SMILES string of the molecule is CCOC(C)COCc1ccc([C@H]2C[C@@H](CC=O)N(S(=O)(=O)c3ccc(C)cc3)C[C@@H]2OCc2ccc3c(c2)N(CCCOC)CCO3)cc1.